The third kappa shape index (κ3) is 5.72. The lowest BCUT2D eigenvalue weighted by molar-refractivity contribution is 0.459. The number of aromatic nitrogens is 4. The van der Waals surface area contributed by atoms with E-state index >= 15 is 0 Å². The van der Waals surface area contributed by atoms with Gasteiger partial charge in [0.25, 0.3) is 0 Å². The molecule has 0 unspecified atom stereocenters. The molecule has 0 saturated heterocycles. The number of hydrogen-bond donors (Lipinski definition) is 0. The average Bonchev–Trinajstić information content (AvgIpc) is 3.91. The maximum absolute atomic E-state index is 7.10. The fraction of sp³-hybridized carbons (Fsp3) is 0. The molecule has 0 aliphatic carbocycles. The minimum Gasteiger partial charge on any atom is -0.453 e. The van der Waals surface area contributed by atoms with Crippen molar-refractivity contribution in [2.24, 2.45) is 0 Å². The highest BCUT2D eigenvalue weighted by Gasteiger charge is 2.32. The Bertz CT molecular complexity index is 3710. The Morgan fingerprint density at radius 3 is 1.27 bits per heavy atom. The van der Waals surface area contributed by atoms with Crippen molar-refractivity contribution >= 4 is 67.1 Å². The van der Waals surface area contributed by atoms with Crippen molar-refractivity contribution in [2.75, 3.05) is 0 Å². The first kappa shape index (κ1) is 37.3. The summed E-state index contributed by atoms with van der Waals surface area (Å²) in [5.74, 6) is 3.91. The molecular weight excluding hydrogens is 849 g/mol. The second-order valence-electron chi connectivity index (χ2n) is 16.5. The lowest BCUT2D eigenvalue weighted by Crippen LogP contribution is -2.04. The van der Waals surface area contributed by atoms with Gasteiger partial charge < -0.3 is 18.6 Å². The van der Waals surface area contributed by atoms with Crippen LogP contribution in [0.5, 0.6) is 23.0 Å². The molecular formula is C58H34N4O2S2. The molecule has 0 spiro atoms. The topological polar surface area (TPSA) is 54.1 Å². The van der Waals surface area contributed by atoms with E-state index in [2.05, 4.69) is 185 Å². The van der Waals surface area contributed by atoms with Gasteiger partial charge in [-0.05, 0) is 78.9 Å². The Balaban J connectivity index is 1.09. The SMILES string of the molecule is c1ccc(-c2nc(-c3cc4c5ccccc5n(-c5ccccc5)c4c4c3Sc3ccccc3O4)cc(-c3cc4c5ccccc5n(-c5ccccc5)c4c4c3Sc3ccccc3O4)n2)cc1. The molecule has 310 valence electrons. The largest absolute Gasteiger partial charge is 0.453 e. The van der Waals surface area contributed by atoms with Crippen molar-refractivity contribution in [1.82, 2.24) is 19.1 Å². The van der Waals surface area contributed by atoms with Crippen molar-refractivity contribution in [3.8, 4) is 68.3 Å². The molecule has 9 aromatic carbocycles. The van der Waals surface area contributed by atoms with Crippen molar-refractivity contribution < 1.29 is 9.47 Å². The van der Waals surface area contributed by atoms with Crippen LogP contribution in [-0.4, -0.2) is 19.1 Å². The first-order chi connectivity index (χ1) is 32.7. The quantitative estimate of drug-likeness (QED) is 0.172. The van der Waals surface area contributed by atoms with Gasteiger partial charge in [-0.3, -0.25) is 0 Å². The normalized spacial score (nSPS) is 12.7. The first-order valence-corrected chi connectivity index (χ1v) is 23.5. The van der Waals surface area contributed by atoms with Gasteiger partial charge in [0.1, 0.15) is 11.5 Å². The number of para-hydroxylation sites is 6. The molecule has 0 N–H and O–H groups in total. The Morgan fingerprint density at radius 2 is 0.788 bits per heavy atom. The van der Waals surface area contributed by atoms with Crippen LogP contribution in [0, 0.1) is 0 Å². The van der Waals surface area contributed by atoms with Gasteiger partial charge in [-0.1, -0.05) is 151 Å². The summed E-state index contributed by atoms with van der Waals surface area (Å²) < 4.78 is 18.9. The molecule has 2 aliphatic heterocycles. The number of benzene rings is 9. The van der Waals surface area contributed by atoms with Gasteiger partial charge in [0.2, 0.25) is 0 Å². The second kappa shape index (κ2) is 14.8. The van der Waals surface area contributed by atoms with Gasteiger partial charge in [0.15, 0.2) is 17.3 Å². The van der Waals surface area contributed by atoms with E-state index < -0.39 is 0 Å². The second-order valence-corrected chi connectivity index (χ2v) is 18.6. The number of nitrogens with zero attached hydrogens (tertiary/aromatic N) is 4. The van der Waals surface area contributed by atoms with E-state index in [0.29, 0.717) is 5.82 Å². The Labute approximate surface area is 387 Å². The highest BCUT2D eigenvalue weighted by Crippen LogP contribution is 2.58. The summed E-state index contributed by atoms with van der Waals surface area (Å²) in [6, 6.07) is 72.1. The first-order valence-electron chi connectivity index (χ1n) is 21.9. The van der Waals surface area contributed by atoms with E-state index in [1.54, 1.807) is 23.5 Å². The average molecular weight is 883 g/mol. The zero-order valence-electron chi connectivity index (χ0n) is 35.1. The monoisotopic (exact) mass is 882 g/mol. The van der Waals surface area contributed by atoms with Crippen LogP contribution in [-0.2, 0) is 0 Å². The number of hydrogen-bond acceptors (Lipinski definition) is 6. The summed E-state index contributed by atoms with van der Waals surface area (Å²) in [6.45, 7) is 0. The van der Waals surface area contributed by atoms with Gasteiger partial charge >= 0.3 is 0 Å². The van der Waals surface area contributed by atoms with Crippen molar-refractivity contribution in [3.63, 3.8) is 0 Å². The molecule has 0 bridgehead atoms. The third-order valence-corrected chi connectivity index (χ3v) is 15.0. The molecule has 0 atom stereocenters. The maximum atomic E-state index is 7.10. The minimum absolute atomic E-state index is 0.633. The van der Waals surface area contributed by atoms with Gasteiger partial charge in [-0.2, -0.15) is 0 Å². The van der Waals surface area contributed by atoms with Crippen molar-refractivity contribution in [3.05, 3.63) is 206 Å². The molecule has 0 saturated carbocycles. The highest BCUT2D eigenvalue weighted by molar-refractivity contribution is 8.00. The van der Waals surface area contributed by atoms with Gasteiger partial charge in [0.05, 0.1) is 53.0 Å². The van der Waals surface area contributed by atoms with Crippen LogP contribution in [0.1, 0.15) is 0 Å². The minimum atomic E-state index is 0.633. The standard InChI is InChI=1S/C58H34N4O2S2/c1-4-18-35(19-5-1)58-59-44(42-32-40-38-24-10-12-26-46(38)61(36-20-6-2-7-21-36)52(40)54-56(42)65-50-30-16-14-28-48(50)63-54)34-45(60-58)43-33-41-39-25-11-13-27-47(39)62(37-22-8-3-9-23-37)53(41)55-57(43)66-51-31-17-15-29-49(51)64-55/h1-34H. The zero-order chi connectivity index (χ0) is 43.3. The van der Waals surface area contributed by atoms with E-state index in [9.17, 15) is 0 Å². The highest BCUT2D eigenvalue weighted by atomic mass is 32.2. The molecule has 12 aromatic rings. The van der Waals surface area contributed by atoms with E-state index in [-0.39, 0.29) is 0 Å². The van der Waals surface area contributed by atoms with Crippen molar-refractivity contribution in [1.29, 1.82) is 0 Å². The van der Waals surface area contributed by atoms with Crippen molar-refractivity contribution in [2.45, 2.75) is 19.6 Å². The fourth-order valence-electron chi connectivity index (χ4n) is 9.73. The molecule has 5 heterocycles. The molecule has 2 aliphatic rings. The lowest BCUT2D eigenvalue weighted by atomic mass is 10.0. The summed E-state index contributed by atoms with van der Waals surface area (Å²) >= 11 is 3.46. The van der Waals surface area contributed by atoms with Crippen LogP contribution < -0.4 is 9.47 Å². The van der Waals surface area contributed by atoms with Gasteiger partial charge in [0, 0.05) is 49.6 Å². The number of ether oxygens (including phenoxy) is 2. The Hall–Kier alpha value is -8.04. The van der Waals surface area contributed by atoms with Crippen LogP contribution >= 0.6 is 23.5 Å². The summed E-state index contributed by atoms with van der Waals surface area (Å²) in [7, 11) is 0. The predicted molar refractivity (Wildman–Crippen MR) is 268 cm³/mol. The van der Waals surface area contributed by atoms with Crippen LogP contribution in [0.4, 0.5) is 0 Å². The summed E-state index contributed by atoms with van der Waals surface area (Å²) in [6.07, 6.45) is 0. The smallest absolute Gasteiger partial charge is 0.166 e. The van der Waals surface area contributed by atoms with Crippen LogP contribution in [0.3, 0.4) is 0 Å². The summed E-state index contributed by atoms with van der Waals surface area (Å²) in [5, 5.41) is 4.43. The van der Waals surface area contributed by atoms with E-state index in [4.69, 9.17) is 19.4 Å². The lowest BCUT2D eigenvalue weighted by Gasteiger charge is -2.25. The van der Waals surface area contributed by atoms with E-state index in [0.717, 1.165) is 126 Å². The fourth-order valence-corrected chi connectivity index (χ4v) is 11.9. The van der Waals surface area contributed by atoms with E-state index in [1.165, 1.54) is 0 Å². The number of rotatable bonds is 5. The molecule has 8 heteroatoms. The summed E-state index contributed by atoms with van der Waals surface area (Å²) in [4.78, 5) is 15.1. The molecule has 0 amide bonds. The maximum Gasteiger partial charge on any atom is 0.166 e. The Morgan fingerprint density at radius 1 is 0.379 bits per heavy atom. The summed E-state index contributed by atoms with van der Waals surface area (Å²) in [5.41, 5.74) is 10.8. The molecule has 0 radical (unpaired) electrons. The molecule has 66 heavy (non-hydrogen) atoms. The number of fused-ring (bicyclic) bond motifs is 12. The van der Waals surface area contributed by atoms with Crippen LogP contribution in [0.15, 0.2) is 226 Å². The zero-order valence-corrected chi connectivity index (χ0v) is 36.7. The molecule has 6 nitrogen and oxygen atoms in total. The third-order valence-electron chi connectivity index (χ3n) is 12.6. The van der Waals surface area contributed by atoms with Gasteiger partial charge in [-0.25, -0.2) is 9.97 Å². The van der Waals surface area contributed by atoms with Crippen LogP contribution in [0.25, 0.3) is 88.9 Å². The predicted octanol–water partition coefficient (Wildman–Crippen LogP) is 16.2. The molecule has 3 aromatic heterocycles. The molecule has 14 rings (SSSR count). The van der Waals surface area contributed by atoms with E-state index in [1.807, 2.05) is 30.3 Å². The van der Waals surface area contributed by atoms with Gasteiger partial charge in [-0.15, -0.1) is 0 Å². The molecule has 0 fully saturated rings. The Kier molecular flexibility index (Phi) is 8.35. The van der Waals surface area contributed by atoms with Crippen LogP contribution in [0.2, 0.25) is 0 Å².